The molecule has 7 heavy (non-hydrogen) atoms. The highest BCUT2D eigenvalue weighted by Crippen LogP contribution is 1.84. The van der Waals surface area contributed by atoms with Crippen LogP contribution in [0.2, 0.25) is 0 Å². The topological polar surface area (TPSA) is 67.5 Å². The van der Waals surface area contributed by atoms with E-state index in [1.54, 1.807) is 0 Å². The van der Waals surface area contributed by atoms with E-state index >= 15 is 0 Å². The molecule has 0 rings (SSSR count). The molecule has 4 nitrogen and oxygen atoms in total. The van der Waals surface area contributed by atoms with Crippen LogP contribution in [0.15, 0.2) is 0 Å². The van der Waals surface area contributed by atoms with Gasteiger partial charge in [-0.1, -0.05) is 6.92 Å². The maximum absolute atomic E-state index is 8.07. The van der Waals surface area contributed by atoms with Crippen LogP contribution < -0.4 is 11.4 Å². The SMILES string of the molecule is CCC(NO)ON. The van der Waals surface area contributed by atoms with E-state index in [-0.39, 0.29) is 0 Å². The van der Waals surface area contributed by atoms with Crippen LogP contribution in [0.4, 0.5) is 0 Å². The summed E-state index contributed by atoms with van der Waals surface area (Å²) in [5, 5.41) is 8.07. The molecule has 0 aromatic heterocycles. The summed E-state index contributed by atoms with van der Waals surface area (Å²) in [4.78, 5) is 4.19. The highest BCUT2D eigenvalue weighted by atomic mass is 16.7. The summed E-state index contributed by atoms with van der Waals surface area (Å²) >= 11 is 0. The van der Waals surface area contributed by atoms with E-state index in [4.69, 9.17) is 5.21 Å². The van der Waals surface area contributed by atoms with E-state index in [0.717, 1.165) is 0 Å². The Balaban J connectivity index is 2.99. The minimum Gasteiger partial charge on any atom is -0.314 e. The van der Waals surface area contributed by atoms with Gasteiger partial charge < -0.3 is 5.21 Å². The smallest absolute Gasteiger partial charge is 0.150 e. The van der Waals surface area contributed by atoms with Crippen molar-refractivity contribution in [1.29, 1.82) is 0 Å². The maximum Gasteiger partial charge on any atom is 0.150 e. The molecule has 0 aromatic rings. The third kappa shape index (κ3) is 2.52. The Hall–Kier alpha value is -0.160. The highest BCUT2D eigenvalue weighted by molar-refractivity contribution is 4.37. The van der Waals surface area contributed by atoms with Gasteiger partial charge >= 0.3 is 0 Å². The van der Waals surface area contributed by atoms with Gasteiger partial charge in [-0.15, -0.1) is 0 Å². The first-order valence-corrected chi connectivity index (χ1v) is 2.10. The molecule has 0 aliphatic carbocycles. The third-order valence-electron chi connectivity index (χ3n) is 0.679. The van der Waals surface area contributed by atoms with Gasteiger partial charge in [0.25, 0.3) is 0 Å². The van der Waals surface area contributed by atoms with E-state index in [1.807, 2.05) is 12.4 Å². The molecular formula is C3H10N2O2. The van der Waals surface area contributed by atoms with Crippen molar-refractivity contribution in [1.82, 2.24) is 5.48 Å². The molecule has 1 unspecified atom stereocenters. The lowest BCUT2D eigenvalue weighted by molar-refractivity contribution is -0.0551. The van der Waals surface area contributed by atoms with Gasteiger partial charge in [0.2, 0.25) is 0 Å². The van der Waals surface area contributed by atoms with E-state index in [2.05, 4.69) is 10.7 Å². The van der Waals surface area contributed by atoms with E-state index < -0.39 is 6.23 Å². The minimum absolute atomic E-state index is 0.431. The molecule has 44 valence electrons. The standard InChI is InChI=1S/C3H10N2O2/c1-2-3(5-6)7-4/h3,5-6H,2,4H2,1H3. The van der Waals surface area contributed by atoms with Crippen molar-refractivity contribution in [2.75, 3.05) is 0 Å². The van der Waals surface area contributed by atoms with Gasteiger partial charge in [-0.2, -0.15) is 5.48 Å². The molecule has 1 atom stereocenters. The maximum atomic E-state index is 8.07. The Labute approximate surface area is 42.2 Å². The summed E-state index contributed by atoms with van der Waals surface area (Å²) in [6.07, 6.45) is 0.215. The Morgan fingerprint density at radius 2 is 2.57 bits per heavy atom. The molecule has 0 fully saturated rings. The molecule has 0 saturated carbocycles. The van der Waals surface area contributed by atoms with Crippen LogP contribution in [0, 0.1) is 0 Å². The molecule has 0 aromatic carbocycles. The predicted octanol–water partition coefficient (Wildman–Crippen LogP) is -0.408. The van der Waals surface area contributed by atoms with Crippen molar-refractivity contribution in [2.45, 2.75) is 19.6 Å². The predicted molar refractivity (Wildman–Crippen MR) is 24.3 cm³/mol. The molecule has 0 radical (unpaired) electrons. The van der Waals surface area contributed by atoms with Crippen LogP contribution in [-0.4, -0.2) is 11.4 Å². The van der Waals surface area contributed by atoms with Crippen LogP contribution in [-0.2, 0) is 4.84 Å². The molecule has 0 saturated heterocycles. The minimum atomic E-state index is -0.431. The largest absolute Gasteiger partial charge is 0.314 e. The normalized spacial score (nSPS) is 14.1. The second kappa shape index (κ2) is 4.01. The van der Waals surface area contributed by atoms with E-state index in [0.29, 0.717) is 6.42 Å². The first-order chi connectivity index (χ1) is 3.35. The second-order valence-electron chi connectivity index (χ2n) is 1.16. The zero-order valence-electron chi connectivity index (χ0n) is 4.22. The summed E-state index contributed by atoms with van der Waals surface area (Å²) in [5.74, 6) is 4.67. The van der Waals surface area contributed by atoms with Gasteiger partial charge in [-0.3, -0.25) is 4.84 Å². The summed E-state index contributed by atoms with van der Waals surface area (Å²) in [6, 6.07) is 0. The van der Waals surface area contributed by atoms with Crippen molar-refractivity contribution in [3.8, 4) is 0 Å². The Bertz CT molecular complexity index is 32.4. The van der Waals surface area contributed by atoms with Crippen LogP contribution >= 0.6 is 0 Å². The molecule has 0 amide bonds. The fourth-order valence-corrected chi connectivity index (χ4v) is 0.218. The molecule has 0 aliphatic rings. The van der Waals surface area contributed by atoms with Crippen molar-refractivity contribution < 1.29 is 10.0 Å². The molecule has 0 bridgehead atoms. The zero-order chi connectivity index (χ0) is 5.70. The van der Waals surface area contributed by atoms with Crippen LogP contribution in [0.25, 0.3) is 0 Å². The summed E-state index contributed by atoms with van der Waals surface area (Å²) < 4.78 is 0. The summed E-state index contributed by atoms with van der Waals surface area (Å²) in [5.41, 5.74) is 1.85. The quantitative estimate of drug-likeness (QED) is 0.338. The van der Waals surface area contributed by atoms with Gasteiger partial charge in [0.05, 0.1) is 0 Å². The van der Waals surface area contributed by atoms with Gasteiger partial charge in [0.1, 0.15) is 0 Å². The highest BCUT2D eigenvalue weighted by Gasteiger charge is 1.97. The van der Waals surface area contributed by atoms with E-state index in [1.165, 1.54) is 0 Å². The fraction of sp³-hybridized carbons (Fsp3) is 1.00. The Kier molecular flexibility index (Phi) is 3.92. The average Bonchev–Trinajstić information content (AvgIpc) is 1.72. The van der Waals surface area contributed by atoms with Crippen molar-refractivity contribution >= 4 is 0 Å². The number of nitrogens with one attached hydrogen (secondary N) is 1. The van der Waals surface area contributed by atoms with Gasteiger partial charge in [0.15, 0.2) is 6.23 Å². The fourth-order valence-electron chi connectivity index (χ4n) is 0.218. The van der Waals surface area contributed by atoms with Crippen molar-refractivity contribution in [2.24, 2.45) is 5.90 Å². The molecule has 0 heterocycles. The van der Waals surface area contributed by atoms with Crippen molar-refractivity contribution in [3.05, 3.63) is 0 Å². The number of nitrogens with two attached hydrogens (primary N) is 1. The molecule has 4 heteroatoms. The number of hydrogen-bond acceptors (Lipinski definition) is 4. The van der Waals surface area contributed by atoms with Crippen LogP contribution in [0.3, 0.4) is 0 Å². The second-order valence-corrected chi connectivity index (χ2v) is 1.16. The number of hydroxylamine groups is 1. The van der Waals surface area contributed by atoms with Gasteiger partial charge in [0, 0.05) is 0 Å². The molecule has 0 aliphatic heterocycles. The van der Waals surface area contributed by atoms with Crippen molar-refractivity contribution in [3.63, 3.8) is 0 Å². The zero-order valence-corrected chi connectivity index (χ0v) is 4.22. The lowest BCUT2D eigenvalue weighted by Gasteiger charge is -2.06. The lowest BCUT2D eigenvalue weighted by Crippen LogP contribution is -2.30. The molecular weight excluding hydrogens is 96.0 g/mol. The lowest BCUT2D eigenvalue weighted by atomic mass is 10.4. The molecule has 0 spiro atoms. The van der Waals surface area contributed by atoms with Crippen LogP contribution in [0.5, 0.6) is 0 Å². The van der Waals surface area contributed by atoms with Gasteiger partial charge in [-0.25, -0.2) is 5.90 Å². The summed E-state index contributed by atoms with van der Waals surface area (Å²) in [6.45, 7) is 1.83. The number of rotatable bonds is 3. The first-order valence-electron chi connectivity index (χ1n) is 2.10. The average molecular weight is 106 g/mol. The monoisotopic (exact) mass is 106 g/mol. The summed E-state index contributed by atoms with van der Waals surface area (Å²) in [7, 11) is 0. The number of hydrogen-bond donors (Lipinski definition) is 3. The van der Waals surface area contributed by atoms with Crippen LogP contribution in [0.1, 0.15) is 13.3 Å². The Morgan fingerprint density at radius 1 is 2.00 bits per heavy atom. The first kappa shape index (κ1) is 6.84. The Morgan fingerprint density at radius 3 is 2.57 bits per heavy atom. The molecule has 4 N–H and O–H groups in total. The van der Waals surface area contributed by atoms with E-state index in [9.17, 15) is 0 Å². The third-order valence-corrected chi connectivity index (χ3v) is 0.679. The van der Waals surface area contributed by atoms with Gasteiger partial charge in [-0.05, 0) is 6.42 Å².